The van der Waals surface area contributed by atoms with E-state index in [0.29, 0.717) is 0 Å². The summed E-state index contributed by atoms with van der Waals surface area (Å²) in [5.41, 5.74) is 4.65. The number of hydrogen-bond donors (Lipinski definition) is 0. The fourth-order valence-corrected chi connectivity index (χ4v) is 3.35. The van der Waals surface area contributed by atoms with Gasteiger partial charge in [-0.15, -0.1) is 0 Å². The van der Waals surface area contributed by atoms with Gasteiger partial charge in [0.1, 0.15) is 0 Å². The van der Waals surface area contributed by atoms with Gasteiger partial charge in [0.05, 0.1) is 25.2 Å². The van der Waals surface area contributed by atoms with E-state index >= 15 is 0 Å². The minimum Gasteiger partial charge on any atom is -0.378 e. The monoisotopic (exact) mass is 334 g/mol. The summed E-state index contributed by atoms with van der Waals surface area (Å²) in [6, 6.07) is 12.2. The number of ether oxygens (including phenoxy) is 1. The molecule has 7 nitrogen and oxygen atoms in total. The lowest BCUT2D eigenvalue weighted by molar-refractivity contribution is 0.122. The molecule has 1 aliphatic rings. The molecule has 1 saturated heterocycles. The Morgan fingerprint density at radius 3 is 2.68 bits per heavy atom. The number of aryl methyl sites for hydroxylation is 1. The first-order valence-electron chi connectivity index (χ1n) is 8.40. The molecular weight excluding hydrogens is 316 g/mol. The van der Waals surface area contributed by atoms with Gasteiger partial charge in [-0.2, -0.15) is 9.61 Å². The number of morpholine rings is 1. The molecule has 0 N–H and O–H groups in total. The van der Waals surface area contributed by atoms with Crippen LogP contribution in [0.15, 0.2) is 42.7 Å². The van der Waals surface area contributed by atoms with Crippen molar-refractivity contribution in [3.63, 3.8) is 0 Å². The van der Waals surface area contributed by atoms with Crippen molar-refractivity contribution in [1.82, 2.24) is 24.1 Å². The molecule has 4 aromatic rings. The Balaban J connectivity index is 1.75. The van der Waals surface area contributed by atoms with Gasteiger partial charge in [-0.1, -0.05) is 30.3 Å². The lowest BCUT2D eigenvalue weighted by Crippen LogP contribution is -2.37. The van der Waals surface area contributed by atoms with E-state index in [1.165, 1.54) is 0 Å². The first-order chi connectivity index (χ1) is 12.3. The quantitative estimate of drug-likeness (QED) is 0.562. The summed E-state index contributed by atoms with van der Waals surface area (Å²) < 4.78 is 9.35. The van der Waals surface area contributed by atoms with Crippen molar-refractivity contribution in [2.24, 2.45) is 7.05 Å². The van der Waals surface area contributed by atoms with Crippen LogP contribution in [-0.2, 0) is 11.8 Å². The van der Waals surface area contributed by atoms with Gasteiger partial charge in [-0.3, -0.25) is 0 Å². The van der Waals surface area contributed by atoms with Gasteiger partial charge in [0.25, 0.3) is 0 Å². The van der Waals surface area contributed by atoms with Gasteiger partial charge in [0.2, 0.25) is 0 Å². The van der Waals surface area contributed by atoms with Crippen molar-refractivity contribution in [1.29, 1.82) is 0 Å². The zero-order valence-electron chi connectivity index (χ0n) is 14.0. The maximum absolute atomic E-state index is 5.48. The van der Waals surface area contributed by atoms with E-state index in [2.05, 4.69) is 22.0 Å². The molecule has 4 heterocycles. The van der Waals surface area contributed by atoms with Crippen molar-refractivity contribution >= 4 is 22.6 Å². The molecule has 0 atom stereocenters. The van der Waals surface area contributed by atoms with Crippen molar-refractivity contribution in [3.8, 4) is 11.3 Å². The summed E-state index contributed by atoms with van der Waals surface area (Å²) in [5, 5.41) is 4.78. The van der Waals surface area contributed by atoms with Crippen molar-refractivity contribution in [2.75, 3.05) is 31.2 Å². The molecule has 0 bridgehead atoms. The molecule has 7 heteroatoms. The highest BCUT2D eigenvalue weighted by Crippen LogP contribution is 2.27. The van der Waals surface area contributed by atoms with Crippen molar-refractivity contribution in [3.05, 3.63) is 42.7 Å². The Morgan fingerprint density at radius 2 is 1.88 bits per heavy atom. The predicted molar refractivity (Wildman–Crippen MR) is 95.7 cm³/mol. The normalized spacial score (nSPS) is 15.3. The number of nitrogens with zero attached hydrogens (tertiary/aromatic N) is 6. The summed E-state index contributed by atoms with van der Waals surface area (Å²) in [6.07, 6.45) is 1.82. The summed E-state index contributed by atoms with van der Waals surface area (Å²) in [7, 11) is 1.99. The van der Waals surface area contributed by atoms with E-state index < -0.39 is 0 Å². The molecular formula is C18H18N6O. The van der Waals surface area contributed by atoms with Gasteiger partial charge in [-0.25, -0.2) is 9.97 Å². The summed E-state index contributed by atoms with van der Waals surface area (Å²) in [6.45, 7) is 3.09. The highest BCUT2D eigenvalue weighted by molar-refractivity contribution is 5.87. The van der Waals surface area contributed by atoms with E-state index in [1.54, 1.807) is 0 Å². The maximum Gasteiger partial charge on any atom is 0.167 e. The average molecular weight is 334 g/mol. The molecule has 0 aliphatic carbocycles. The zero-order valence-corrected chi connectivity index (χ0v) is 14.0. The molecule has 5 rings (SSSR count). The van der Waals surface area contributed by atoms with Gasteiger partial charge in [-0.05, 0) is 0 Å². The molecule has 0 saturated carbocycles. The smallest absolute Gasteiger partial charge is 0.167 e. The molecule has 0 amide bonds. The number of fused-ring (bicyclic) bond motifs is 3. The van der Waals surface area contributed by atoms with E-state index in [4.69, 9.17) is 14.8 Å². The van der Waals surface area contributed by atoms with E-state index in [0.717, 1.165) is 60.2 Å². The fraction of sp³-hybridized carbons (Fsp3) is 0.278. The number of benzene rings is 1. The molecule has 1 fully saturated rings. The predicted octanol–water partition coefficient (Wildman–Crippen LogP) is 2.12. The van der Waals surface area contributed by atoms with Gasteiger partial charge in [0, 0.05) is 31.8 Å². The number of imidazole rings is 1. The van der Waals surface area contributed by atoms with Gasteiger partial charge >= 0.3 is 0 Å². The van der Waals surface area contributed by atoms with Crippen LogP contribution in [0.4, 0.5) is 5.82 Å². The van der Waals surface area contributed by atoms with Crippen LogP contribution in [0.5, 0.6) is 0 Å². The number of aromatic nitrogens is 5. The van der Waals surface area contributed by atoms with Crippen LogP contribution in [0.2, 0.25) is 0 Å². The largest absolute Gasteiger partial charge is 0.378 e. The Bertz CT molecular complexity index is 1050. The minimum atomic E-state index is 0.718. The molecule has 126 valence electrons. The first kappa shape index (κ1) is 14.4. The third-order valence-corrected chi connectivity index (χ3v) is 4.61. The second-order valence-corrected chi connectivity index (χ2v) is 6.23. The van der Waals surface area contributed by atoms with Crippen LogP contribution < -0.4 is 4.90 Å². The Kier molecular flexibility index (Phi) is 3.21. The lowest BCUT2D eigenvalue weighted by atomic mass is 10.2. The van der Waals surface area contributed by atoms with E-state index in [-0.39, 0.29) is 0 Å². The van der Waals surface area contributed by atoms with Crippen LogP contribution in [0, 0.1) is 0 Å². The van der Waals surface area contributed by atoms with E-state index in [9.17, 15) is 0 Å². The standard InChI is InChI=1S/C18H18N6O/c1-22-12-19-16-17(23-7-9-25-10-8-23)20-15-11-14(21-24(15)18(16)22)13-5-3-2-4-6-13/h2-6,11-12H,7-10H2,1H3. The molecule has 1 aromatic carbocycles. The molecule has 1 aliphatic heterocycles. The topological polar surface area (TPSA) is 60.5 Å². The first-order valence-corrected chi connectivity index (χ1v) is 8.40. The zero-order chi connectivity index (χ0) is 16.8. The molecule has 0 radical (unpaired) electrons. The number of anilines is 1. The Morgan fingerprint density at radius 1 is 1.08 bits per heavy atom. The SMILES string of the molecule is Cn1cnc2c(N3CCOCC3)nc3cc(-c4ccccc4)nn3c21. The van der Waals surface area contributed by atoms with E-state index in [1.807, 2.05) is 46.7 Å². The van der Waals surface area contributed by atoms with Crippen LogP contribution in [0.3, 0.4) is 0 Å². The van der Waals surface area contributed by atoms with Crippen molar-refractivity contribution < 1.29 is 4.74 Å². The molecule has 3 aromatic heterocycles. The Labute approximate surface area is 144 Å². The highest BCUT2D eigenvalue weighted by atomic mass is 16.5. The fourth-order valence-electron chi connectivity index (χ4n) is 3.35. The Hall–Kier alpha value is -2.93. The summed E-state index contributed by atoms with van der Waals surface area (Å²) in [4.78, 5) is 11.7. The third kappa shape index (κ3) is 2.27. The second kappa shape index (κ2) is 5.56. The van der Waals surface area contributed by atoms with Crippen LogP contribution in [0.1, 0.15) is 0 Å². The second-order valence-electron chi connectivity index (χ2n) is 6.23. The summed E-state index contributed by atoms with van der Waals surface area (Å²) >= 11 is 0. The van der Waals surface area contributed by atoms with Crippen LogP contribution in [0.25, 0.3) is 28.1 Å². The number of rotatable bonds is 2. The third-order valence-electron chi connectivity index (χ3n) is 4.61. The maximum atomic E-state index is 5.48. The highest BCUT2D eigenvalue weighted by Gasteiger charge is 2.21. The molecule has 0 spiro atoms. The molecule has 25 heavy (non-hydrogen) atoms. The molecule has 0 unspecified atom stereocenters. The number of hydrogen-bond acceptors (Lipinski definition) is 5. The summed E-state index contributed by atoms with van der Waals surface area (Å²) in [5.74, 6) is 0.908. The lowest BCUT2D eigenvalue weighted by Gasteiger charge is -2.27. The van der Waals surface area contributed by atoms with Crippen molar-refractivity contribution in [2.45, 2.75) is 0 Å². The van der Waals surface area contributed by atoms with Gasteiger partial charge < -0.3 is 14.2 Å². The minimum absolute atomic E-state index is 0.718. The van der Waals surface area contributed by atoms with Gasteiger partial charge in [0.15, 0.2) is 22.6 Å². The van der Waals surface area contributed by atoms with Crippen LogP contribution >= 0.6 is 0 Å². The average Bonchev–Trinajstić information content (AvgIpc) is 3.26. The van der Waals surface area contributed by atoms with Crippen LogP contribution in [-0.4, -0.2) is 50.5 Å².